The van der Waals surface area contributed by atoms with Crippen molar-refractivity contribution in [3.63, 3.8) is 0 Å². The van der Waals surface area contributed by atoms with Gasteiger partial charge in [-0.15, -0.1) is 0 Å². The molecule has 9 heteroatoms. The SMILES string of the molecule is O=C(CN(C[C@@H]1CCCO1)C(=O)c1nsc(Cl)c1Cl)NC1CCCC1. The van der Waals surface area contributed by atoms with Crippen LogP contribution in [0.4, 0.5) is 0 Å². The Morgan fingerprint density at radius 1 is 1.24 bits per heavy atom. The third-order valence-corrected chi connectivity index (χ3v) is 6.20. The number of ether oxygens (including phenoxy) is 1. The number of nitrogens with one attached hydrogen (secondary N) is 1. The first-order valence-electron chi connectivity index (χ1n) is 8.55. The zero-order valence-electron chi connectivity index (χ0n) is 13.8. The lowest BCUT2D eigenvalue weighted by atomic mass is 10.2. The fraction of sp³-hybridized carbons (Fsp3) is 0.688. The monoisotopic (exact) mass is 405 g/mol. The zero-order chi connectivity index (χ0) is 17.8. The molecule has 6 nitrogen and oxygen atoms in total. The van der Waals surface area contributed by atoms with E-state index >= 15 is 0 Å². The van der Waals surface area contributed by atoms with Gasteiger partial charge in [-0.25, -0.2) is 0 Å². The molecule has 1 aromatic heterocycles. The van der Waals surface area contributed by atoms with Gasteiger partial charge in [0.05, 0.1) is 12.6 Å². The van der Waals surface area contributed by atoms with Crippen LogP contribution in [-0.4, -0.2) is 52.9 Å². The van der Waals surface area contributed by atoms with Crippen LogP contribution in [-0.2, 0) is 9.53 Å². The molecule has 138 valence electrons. The molecule has 0 aromatic carbocycles. The summed E-state index contributed by atoms with van der Waals surface area (Å²) in [4.78, 5) is 26.7. The number of amides is 2. The maximum atomic E-state index is 12.8. The van der Waals surface area contributed by atoms with Gasteiger partial charge in [-0.1, -0.05) is 36.0 Å². The number of aromatic nitrogens is 1. The van der Waals surface area contributed by atoms with Crippen LogP contribution in [0.3, 0.4) is 0 Å². The lowest BCUT2D eigenvalue weighted by Crippen LogP contribution is -2.46. The molecule has 0 radical (unpaired) electrons. The van der Waals surface area contributed by atoms with Crippen molar-refractivity contribution in [2.45, 2.75) is 50.7 Å². The Kier molecular flexibility index (Phi) is 6.55. The van der Waals surface area contributed by atoms with Crippen molar-refractivity contribution in [1.29, 1.82) is 0 Å². The minimum atomic E-state index is -0.384. The molecule has 2 fully saturated rings. The highest BCUT2D eigenvalue weighted by molar-refractivity contribution is 7.11. The Labute approximate surface area is 161 Å². The Morgan fingerprint density at radius 3 is 2.60 bits per heavy atom. The molecule has 1 N–H and O–H groups in total. The quantitative estimate of drug-likeness (QED) is 0.788. The summed E-state index contributed by atoms with van der Waals surface area (Å²) >= 11 is 13.0. The minimum Gasteiger partial charge on any atom is -0.376 e. The van der Waals surface area contributed by atoms with Crippen LogP contribution >= 0.6 is 34.7 Å². The first-order valence-corrected chi connectivity index (χ1v) is 10.1. The van der Waals surface area contributed by atoms with Crippen molar-refractivity contribution < 1.29 is 14.3 Å². The lowest BCUT2D eigenvalue weighted by molar-refractivity contribution is -0.122. The smallest absolute Gasteiger partial charge is 0.275 e. The predicted octanol–water partition coefficient (Wildman–Crippen LogP) is 3.13. The Bertz CT molecular complexity index is 628. The molecular formula is C16H21Cl2N3O3S. The average Bonchev–Trinajstić information content (AvgIpc) is 3.32. The highest BCUT2D eigenvalue weighted by atomic mass is 35.5. The van der Waals surface area contributed by atoms with Gasteiger partial charge in [0.15, 0.2) is 5.69 Å². The molecule has 1 saturated heterocycles. The summed E-state index contributed by atoms with van der Waals surface area (Å²) in [5.74, 6) is -0.541. The molecule has 25 heavy (non-hydrogen) atoms. The van der Waals surface area contributed by atoms with E-state index in [0.717, 1.165) is 50.1 Å². The number of carbonyl (C=O) groups excluding carboxylic acids is 2. The second-order valence-corrected chi connectivity index (χ2v) is 8.24. The van der Waals surface area contributed by atoms with Gasteiger partial charge in [-0.2, -0.15) is 4.37 Å². The first-order chi connectivity index (χ1) is 12.0. The Morgan fingerprint density at radius 2 is 2.00 bits per heavy atom. The van der Waals surface area contributed by atoms with Crippen molar-refractivity contribution in [3.8, 4) is 0 Å². The van der Waals surface area contributed by atoms with Crippen molar-refractivity contribution in [2.75, 3.05) is 19.7 Å². The van der Waals surface area contributed by atoms with E-state index in [1.54, 1.807) is 0 Å². The summed E-state index contributed by atoms with van der Waals surface area (Å²) in [6.07, 6.45) is 6.05. The number of nitrogens with zero attached hydrogens (tertiary/aromatic N) is 2. The molecule has 0 spiro atoms. The van der Waals surface area contributed by atoms with Gasteiger partial charge < -0.3 is 15.0 Å². The van der Waals surface area contributed by atoms with Gasteiger partial charge in [0.1, 0.15) is 9.36 Å². The maximum absolute atomic E-state index is 12.8. The number of halogens is 2. The molecule has 1 atom stereocenters. The van der Waals surface area contributed by atoms with Crippen LogP contribution in [0, 0.1) is 0 Å². The number of hydrogen-bond acceptors (Lipinski definition) is 5. The molecule has 0 unspecified atom stereocenters. The second kappa shape index (κ2) is 8.66. The van der Waals surface area contributed by atoms with E-state index in [9.17, 15) is 9.59 Å². The number of carbonyl (C=O) groups is 2. The molecule has 1 saturated carbocycles. The van der Waals surface area contributed by atoms with E-state index in [1.807, 2.05) is 0 Å². The van der Waals surface area contributed by atoms with Crippen molar-refractivity contribution >= 4 is 46.5 Å². The van der Waals surface area contributed by atoms with Crippen LogP contribution in [0.5, 0.6) is 0 Å². The Balaban J connectivity index is 1.68. The van der Waals surface area contributed by atoms with Gasteiger partial charge >= 0.3 is 0 Å². The molecule has 1 aliphatic heterocycles. The van der Waals surface area contributed by atoms with Crippen LogP contribution in [0.2, 0.25) is 9.36 Å². The van der Waals surface area contributed by atoms with Crippen LogP contribution in [0.15, 0.2) is 0 Å². The van der Waals surface area contributed by atoms with Crippen LogP contribution < -0.4 is 5.32 Å². The third-order valence-electron chi connectivity index (χ3n) is 4.59. The molecule has 1 aromatic rings. The average molecular weight is 406 g/mol. The van der Waals surface area contributed by atoms with Gasteiger partial charge in [-0.3, -0.25) is 9.59 Å². The predicted molar refractivity (Wildman–Crippen MR) is 97.4 cm³/mol. The molecule has 2 amide bonds. The lowest BCUT2D eigenvalue weighted by Gasteiger charge is -2.25. The van der Waals surface area contributed by atoms with Gasteiger partial charge in [-0.05, 0) is 37.2 Å². The van der Waals surface area contributed by atoms with Gasteiger partial charge in [0.25, 0.3) is 5.91 Å². The van der Waals surface area contributed by atoms with Crippen LogP contribution in [0.1, 0.15) is 49.0 Å². The van der Waals surface area contributed by atoms with Crippen molar-refractivity contribution in [2.24, 2.45) is 0 Å². The van der Waals surface area contributed by atoms with Gasteiger partial charge in [0, 0.05) is 19.2 Å². The standard InChI is InChI=1S/C16H21Cl2N3O3S/c17-13-14(20-25-15(13)18)16(23)21(8-11-6-3-7-24-11)9-12(22)19-10-4-1-2-5-10/h10-11H,1-9H2,(H,19,22)/t11-/m0/s1. The van der Waals surface area contributed by atoms with E-state index in [-0.39, 0.29) is 45.6 Å². The highest BCUT2D eigenvalue weighted by Gasteiger charge is 2.29. The molecule has 1 aliphatic carbocycles. The fourth-order valence-electron chi connectivity index (χ4n) is 3.31. The molecular weight excluding hydrogens is 385 g/mol. The van der Waals surface area contributed by atoms with E-state index < -0.39 is 0 Å². The van der Waals surface area contributed by atoms with E-state index in [4.69, 9.17) is 27.9 Å². The molecule has 0 bridgehead atoms. The van der Waals surface area contributed by atoms with Gasteiger partial charge in [0.2, 0.25) is 5.91 Å². The number of hydrogen-bond donors (Lipinski definition) is 1. The minimum absolute atomic E-state index is 0.0271. The van der Waals surface area contributed by atoms with E-state index in [1.165, 1.54) is 4.90 Å². The largest absolute Gasteiger partial charge is 0.376 e. The third kappa shape index (κ3) is 4.84. The van der Waals surface area contributed by atoms with E-state index in [0.29, 0.717) is 13.2 Å². The maximum Gasteiger partial charge on any atom is 0.275 e. The topological polar surface area (TPSA) is 71.5 Å². The number of rotatable bonds is 6. The summed E-state index contributed by atoms with van der Waals surface area (Å²) in [6, 6.07) is 0.212. The van der Waals surface area contributed by atoms with Crippen molar-refractivity contribution in [3.05, 3.63) is 15.1 Å². The molecule has 2 heterocycles. The Hall–Kier alpha value is -0.890. The summed E-state index contributed by atoms with van der Waals surface area (Å²) in [5, 5.41) is 3.15. The molecule has 3 rings (SSSR count). The van der Waals surface area contributed by atoms with Crippen LogP contribution in [0.25, 0.3) is 0 Å². The normalized spacial score (nSPS) is 20.8. The summed E-state index contributed by atoms with van der Waals surface area (Å²) in [6.45, 7) is 1.01. The first kappa shape index (κ1) is 18.9. The fourth-order valence-corrected chi connectivity index (χ4v) is 4.30. The summed E-state index contributed by atoms with van der Waals surface area (Å²) < 4.78 is 9.93. The van der Waals surface area contributed by atoms with Crippen molar-refractivity contribution in [1.82, 2.24) is 14.6 Å². The zero-order valence-corrected chi connectivity index (χ0v) is 16.1. The van der Waals surface area contributed by atoms with E-state index in [2.05, 4.69) is 9.69 Å². The second-order valence-electron chi connectivity index (χ2n) is 6.49. The summed E-state index contributed by atoms with van der Waals surface area (Å²) in [7, 11) is 0. The molecule has 2 aliphatic rings. The summed E-state index contributed by atoms with van der Waals surface area (Å²) in [5.41, 5.74) is 0.100. The highest BCUT2D eigenvalue weighted by Crippen LogP contribution is 2.30.